The summed E-state index contributed by atoms with van der Waals surface area (Å²) in [6, 6.07) is 10.4. The molecule has 0 saturated carbocycles. The van der Waals surface area contributed by atoms with E-state index in [1.54, 1.807) is 6.07 Å². The Bertz CT molecular complexity index is 1150. The van der Waals surface area contributed by atoms with Crippen molar-refractivity contribution in [3.63, 3.8) is 0 Å². The van der Waals surface area contributed by atoms with Crippen LogP contribution in [0.4, 0.5) is 0 Å². The summed E-state index contributed by atoms with van der Waals surface area (Å²) in [5, 5.41) is 58.0. The third kappa shape index (κ3) is 3.80. The number of carbonyl (C=O) groups excluding carboxylic acids is 1. The van der Waals surface area contributed by atoms with Crippen LogP contribution in [0.15, 0.2) is 48.5 Å². The van der Waals surface area contributed by atoms with Gasteiger partial charge in [-0.2, -0.15) is 0 Å². The van der Waals surface area contributed by atoms with Crippen LogP contribution in [-0.4, -0.2) is 42.7 Å². The highest BCUT2D eigenvalue weighted by atomic mass is 16.6. The maximum absolute atomic E-state index is 12.7. The number of ether oxygens (including phenoxy) is 2. The fraction of sp³-hybridized carbons (Fsp3) is 0.136. The van der Waals surface area contributed by atoms with Gasteiger partial charge in [-0.1, -0.05) is 12.1 Å². The third-order valence-corrected chi connectivity index (χ3v) is 4.96. The van der Waals surface area contributed by atoms with E-state index in [1.165, 1.54) is 30.3 Å². The van der Waals surface area contributed by atoms with E-state index in [0.717, 1.165) is 12.1 Å². The first-order chi connectivity index (χ1) is 14.7. The first-order valence-corrected chi connectivity index (χ1v) is 9.19. The van der Waals surface area contributed by atoms with Gasteiger partial charge in [0.2, 0.25) is 0 Å². The van der Waals surface area contributed by atoms with Crippen LogP contribution in [0.1, 0.15) is 27.6 Å². The van der Waals surface area contributed by atoms with E-state index >= 15 is 0 Å². The van der Waals surface area contributed by atoms with Gasteiger partial charge in [-0.3, -0.25) is 0 Å². The molecule has 0 aliphatic carbocycles. The van der Waals surface area contributed by atoms with Crippen LogP contribution in [0.25, 0.3) is 0 Å². The van der Waals surface area contributed by atoms with Crippen molar-refractivity contribution >= 4 is 5.97 Å². The summed E-state index contributed by atoms with van der Waals surface area (Å²) in [4.78, 5) is 12.7. The number of aromatic hydroxyl groups is 6. The van der Waals surface area contributed by atoms with Gasteiger partial charge in [-0.25, -0.2) is 4.79 Å². The molecule has 0 fully saturated rings. The highest BCUT2D eigenvalue weighted by Gasteiger charge is 2.35. The lowest BCUT2D eigenvalue weighted by molar-refractivity contribution is -0.0184. The Kier molecular flexibility index (Phi) is 4.86. The fourth-order valence-corrected chi connectivity index (χ4v) is 3.39. The van der Waals surface area contributed by atoms with Crippen molar-refractivity contribution < 1.29 is 44.9 Å². The lowest BCUT2D eigenvalue weighted by atomic mass is 9.94. The molecule has 1 aliphatic rings. The second-order valence-corrected chi connectivity index (χ2v) is 7.09. The van der Waals surface area contributed by atoms with Gasteiger partial charge in [0.1, 0.15) is 17.6 Å². The Labute approximate surface area is 175 Å². The summed E-state index contributed by atoms with van der Waals surface area (Å²) in [5.74, 6) is -3.40. The number of esters is 1. The van der Waals surface area contributed by atoms with E-state index in [-0.39, 0.29) is 29.2 Å². The zero-order valence-electron chi connectivity index (χ0n) is 15.9. The van der Waals surface area contributed by atoms with Gasteiger partial charge >= 0.3 is 5.97 Å². The molecule has 9 heteroatoms. The predicted octanol–water partition coefficient (Wildman–Crippen LogP) is 2.82. The molecule has 9 nitrogen and oxygen atoms in total. The van der Waals surface area contributed by atoms with E-state index < -0.39 is 35.4 Å². The summed E-state index contributed by atoms with van der Waals surface area (Å²) >= 11 is 0. The Hall–Kier alpha value is -4.27. The number of benzene rings is 3. The zero-order chi connectivity index (χ0) is 22.3. The highest BCUT2D eigenvalue weighted by Crippen LogP contribution is 2.41. The van der Waals surface area contributed by atoms with Crippen molar-refractivity contribution in [3.05, 3.63) is 65.2 Å². The smallest absolute Gasteiger partial charge is 0.338 e. The minimum Gasteiger partial charge on any atom is -0.508 e. The van der Waals surface area contributed by atoms with E-state index in [2.05, 4.69) is 0 Å². The van der Waals surface area contributed by atoms with Gasteiger partial charge in [0.15, 0.2) is 34.9 Å². The van der Waals surface area contributed by atoms with Crippen LogP contribution in [0.2, 0.25) is 0 Å². The number of hydrogen-bond acceptors (Lipinski definition) is 9. The maximum Gasteiger partial charge on any atom is 0.338 e. The van der Waals surface area contributed by atoms with E-state index in [4.69, 9.17) is 9.47 Å². The first kappa shape index (κ1) is 20.0. The summed E-state index contributed by atoms with van der Waals surface area (Å²) in [6.45, 7) is 0. The summed E-state index contributed by atoms with van der Waals surface area (Å²) < 4.78 is 11.5. The zero-order valence-corrected chi connectivity index (χ0v) is 15.9. The molecule has 1 aliphatic heterocycles. The number of fused-ring (bicyclic) bond motifs is 1. The van der Waals surface area contributed by atoms with Crippen molar-refractivity contribution in [2.75, 3.05) is 0 Å². The second-order valence-electron chi connectivity index (χ2n) is 7.09. The molecule has 0 radical (unpaired) electrons. The molecular weight excluding hydrogens is 408 g/mol. The molecular formula is C22H18O9. The van der Waals surface area contributed by atoms with Gasteiger partial charge in [0, 0.05) is 18.1 Å². The van der Waals surface area contributed by atoms with Crippen molar-refractivity contribution in [1.29, 1.82) is 0 Å². The standard InChI is InChI=1S/C22H18O9/c23-13-3-1-10-8-19(31-22(29)12-6-16(26)20(28)17(27)7-12)21(30-18(10)9-13)11-2-4-14(24)15(25)5-11/h1-7,9,19,21,23-28H,8H2/t19-,21-/m1/s1. The van der Waals surface area contributed by atoms with Crippen LogP contribution >= 0.6 is 0 Å². The Balaban J connectivity index is 1.69. The van der Waals surface area contributed by atoms with Crippen LogP contribution in [-0.2, 0) is 11.2 Å². The molecule has 4 rings (SSSR count). The molecule has 6 N–H and O–H groups in total. The minimum atomic E-state index is -0.899. The Morgan fingerprint density at radius 3 is 2.23 bits per heavy atom. The molecule has 160 valence electrons. The van der Waals surface area contributed by atoms with Crippen LogP contribution < -0.4 is 4.74 Å². The van der Waals surface area contributed by atoms with E-state index in [9.17, 15) is 35.4 Å². The second kappa shape index (κ2) is 7.52. The van der Waals surface area contributed by atoms with Crippen molar-refractivity contribution in [2.24, 2.45) is 0 Å². The minimum absolute atomic E-state index is 0.0171. The molecule has 2 atom stereocenters. The molecule has 0 spiro atoms. The quantitative estimate of drug-likeness (QED) is 0.274. The largest absolute Gasteiger partial charge is 0.508 e. The van der Waals surface area contributed by atoms with Crippen LogP contribution in [0, 0.1) is 0 Å². The molecule has 0 bridgehead atoms. The molecule has 0 unspecified atom stereocenters. The SMILES string of the molecule is O=C(O[C@@H]1Cc2ccc(O)cc2O[C@@H]1c1ccc(O)c(O)c1)c1cc(O)c(O)c(O)c1. The highest BCUT2D eigenvalue weighted by molar-refractivity contribution is 5.91. The molecule has 3 aromatic carbocycles. The first-order valence-electron chi connectivity index (χ1n) is 9.19. The molecule has 0 amide bonds. The predicted molar refractivity (Wildman–Crippen MR) is 106 cm³/mol. The van der Waals surface area contributed by atoms with Crippen molar-refractivity contribution in [3.8, 4) is 40.2 Å². The van der Waals surface area contributed by atoms with E-state index in [1.807, 2.05) is 0 Å². The third-order valence-electron chi connectivity index (χ3n) is 4.96. The molecule has 1 heterocycles. The Morgan fingerprint density at radius 1 is 0.839 bits per heavy atom. The van der Waals surface area contributed by atoms with Gasteiger partial charge < -0.3 is 40.1 Å². The van der Waals surface area contributed by atoms with Crippen LogP contribution in [0.5, 0.6) is 40.2 Å². The summed E-state index contributed by atoms with van der Waals surface area (Å²) in [5.41, 5.74) is 0.862. The average Bonchev–Trinajstić information content (AvgIpc) is 2.73. The van der Waals surface area contributed by atoms with Gasteiger partial charge in [-0.15, -0.1) is 0 Å². The molecule has 0 saturated heterocycles. The van der Waals surface area contributed by atoms with Gasteiger partial charge in [-0.05, 0) is 35.9 Å². The monoisotopic (exact) mass is 426 g/mol. The number of phenolic OH excluding ortho intramolecular Hbond substituents is 6. The number of rotatable bonds is 3. The lowest BCUT2D eigenvalue weighted by Gasteiger charge is -2.33. The van der Waals surface area contributed by atoms with Crippen LogP contribution in [0.3, 0.4) is 0 Å². The topological polar surface area (TPSA) is 157 Å². The number of hydrogen-bond donors (Lipinski definition) is 6. The summed E-state index contributed by atoms with van der Waals surface area (Å²) in [6.07, 6.45) is -1.60. The fourth-order valence-electron chi connectivity index (χ4n) is 3.39. The summed E-state index contributed by atoms with van der Waals surface area (Å²) in [7, 11) is 0. The normalized spacial score (nSPS) is 17.4. The number of phenols is 6. The molecule has 31 heavy (non-hydrogen) atoms. The maximum atomic E-state index is 12.7. The number of carbonyl (C=O) groups is 1. The lowest BCUT2D eigenvalue weighted by Crippen LogP contribution is -2.34. The van der Waals surface area contributed by atoms with Gasteiger partial charge in [0.25, 0.3) is 0 Å². The van der Waals surface area contributed by atoms with E-state index in [0.29, 0.717) is 16.9 Å². The average molecular weight is 426 g/mol. The molecule has 0 aromatic heterocycles. The Morgan fingerprint density at radius 2 is 1.55 bits per heavy atom. The van der Waals surface area contributed by atoms with Crippen molar-refractivity contribution in [1.82, 2.24) is 0 Å². The van der Waals surface area contributed by atoms with Gasteiger partial charge in [0.05, 0.1) is 5.56 Å². The molecule has 3 aromatic rings. The van der Waals surface area contributed by atoms with Crippen molar-refractivity contribution in [2.45, 2.75) is 18.6 Å².